The fraction of sp³-hybridized carbons (Fsp3) is 0.517. The molecular formula is C29H38N2O6. The average molecular weight is 511 g/mol. The molecule has 0 bridgehead atoms. The third-order valence-corrected chi connectivity index (χ3v) is 7.17. The van der Waals surface area contributed by atoms with Gasteiger partial charge >= 0.3 is 5.97 Å². The van der Waals surface area contributed by atoms with E-state index in [1.165, 1.54) is 33.1 Å². The van der Waals surface area contributed by atoms with E-state index >= 15 is 0 Å². The van der Waals surface area contributed by atoms with Crippen molar-refractivity contribution in [1.29, 1.82) is 0 Å². The van der Waals surface area contributed by atoms with Crippen LogP contribution in [0, 0.1) is 5.92 Å². The maximum Gasteiger partial charge on any atom is 0.303 e. The summed E-state index contributed by atoms with van der Waals surface area (Å²) in [6.45, 7) is 8.03. The van der Waals surface area contributed by atoms with Crippen LogP contribution in [-0.4, -0.2) is 53.7 Å². The van der Waals surface area contributed by atoms with Gasteiger partial charge < -0.3 is 29.5 Å². The number of aliphatic hydroxyl groups excluding tert-OH is 1. The van der Waals surface area contributed by atoms with Gasteiger partial charge in [-0.1, -0.05) is 49.7 Å². The summed E-state index contributed by atoms with van der Waals surface area (Å²) >= 11 is 0. The second kappa shape index (κ2) is 12.6. The van der Waals surface area contributed by atoms with E-state index in [2.05, 4.69) is 17.1 Å². The SMILES string of the molecule is CC(=O)O[C@@H](C)C(=O)Nc1ccc([C@H]2O[C@@H](CN3CCCCC3)[C@@H](C)[C@@H](c3ccc(CO)cc3)O2)cc1. The van der Waals surface area contributed by atoms with E-state index in [0.717, 1.165) is 36.3 Å². The highest BCUT2D eigenvalue weighted by molar-refractivity contribution is 5.94. The number of ether oxygens (including phenoxy) is 3. The number of likely N-dealkylation sites (tertiary alicyclic amines) is 1. The highest BCUT2D eigenvalue weighted by Gasteiger charge is 2.39. The van der Waals surface area contributed by atoms with Crippen LogP contribution in [0.4, 0.5) is 5.69 Å². The molecule has 5 atom stereocenters. The molecule has 0 saturated carbocycles. The number of hydrogen-bond acceptors (Lipinski definition) is 7. The summed E-state index contributed by atoms with van der Waals surface area (Å²) in [5.74, 6) is -0.757. The van der Waals surface area contributed by atoms with Gasteiger partial charge in [0.15, 0.2) is 12.4 Å². The Morgan fingerprint density at radius 2 is 1.68 bits per heavy atom. The third-order valence-electron chi connectivity index (χ3n) is 7.17. The second-order valence-corrected chi connectivity index (χ2v) is 10.0. The van der Waals surface area contributed by atoms with Crippen molar-refractivity contribution in [2.45, 2.75) is 71.2 Å². The van der Waals surface area contributed by atoms with Crippen LogP contribution < -0.4 is 5.32 Å². The van der Waals surface area contributed by atoms with Gasteiger partial charge in [0.1, 0.15) is 0 Å². The Hall–Kier alpha value is -2.78. The molecule has 0 unspecified atom stereocenters. The van der Waals surface area contributed by atoms with Gasteiger partial charge in [-0.25, -0.2) is 0 Å². The van der Waals surface area contributed by atoms with E-state index in [4.69, 9.17) is 14.2 Å². The normalized spacial score (nSPS) is 25.3. The van der Waals surface area contributed by atoms with Crippen molar-refractivity contribution < 1.29 is 28.9 Å². The zero-order valence-corrected chi connectivity index (χ0v) is 21.9. The molecule has 200 valence electrons. The van der Waals surface area contributed by atoms with Gasteiger partial charge in [0.05, 0.1) is 18.8 Å². The molecule has 2 aliphatic rings. The number of nitrogens with one attached hydrogen (secondary N) is 1. The first-order chi connectivity index (χ1) is 17.8. The number of amides is 1. The van der Waals surface area contributed by atoms with Gasteiger partial charge in [-0.05, 0) is 56.1 Å². The molecule has 8 heteroatoms. The number of carbonyl (C=O) groups is 2. The van der Waals surface area contributed by atoms with Crippen molar-refractivity contribution >= 4 is 17.6 Å². The summed E-state index contributed by atoms with van der Waals surface area (Å²) < 4.78 is 18.0. The molecule has 2 fully saturated rings. The Labute approximate surface area is 218 Å². The van der Waals surface area contributed by atoms with Crippen molar-refractivity contribution in [2.75, 3.05) is 25.0 Å². The Balaban J connectivity index is 1.50. The molecule has 8 nitrogen and oxygen atoms in total. The van der Waals surface area contributed by atoms with E-state index in [1.54, 1.807) is 12.1 Å². The van der Waals surface area contributed by atoms with Crippen molar-refractivity contribution in [3.8, 4) is 0 Å². The van der Waals surface area contributed by atoms with E-state index in [1.807, 2.05) is 36.4 Å². The third kappa shape index (κ3) is 7.17. The second-order valence-electron chi connectivity index (χ2n) is 10.0. The van der Waals surface area contributed by atoms with Crippen molar-refractivity contribution in [3.05, 3.63) is 65.2 Å². The minimum absolute atomic E-state index is 0.00716. The van der Waals surface area contributed by atoms with Gasteiger partial charge in [-0.2, -0.15) is 0 Å². The van der Waals surface area contributed by atoms with Crippen LogP contribution in [0.1, 0.15) is 69.1 Å². The van der Waals surface area contributed by atoms with E-state index in [0.29, 0.717) is 5.69 Å². The van der Waals surface area contributed by atoms with Gasteiger partial charge in [-0.15, -0.1) is 0 Å². The number of nitrogens with zero attached hydrogens (tertiary/aromatic N) is 1. The van der Waals surface area contributed by atoms with Crippen LogP contribution >= 0.6 is 0 Å². The molecule has 2 aromatic rings. The molecule has 1 amide bonds. The largest absolute Gasteiger partial charge is 0.453 e. The molecule has 0 radical (unpaired) electrons. The summed E-state index contributed by atoms with van der Waals surface area (Å²) in [6.07, 6.45) is 2.11. The summed E-state index contributed by atoms with van der Waals surface area (Å²) in [7, 11) is 0. The zero-order chi connectivity index (χ0) is 26.4. The molecule has 2 heterocycles. The molecule has 2 N–H and O–H groups in total. The maximum atomic E-state index is 12.3. The van der Waals surface area contributed by atoms with Crippen LogP contribution in [-0.2, 0) is 30.4 Å². The molecule has 4 rings (SSSR count). The number of rotatable bonds is 8. The lowest BCUT2D eigenvalue weighted by Crippen LogP contribution is -2.45. The molecule has 2 aliphatic heterocycles. The first kappa shape index (κ1) is 27.3. The van der Waals surface area contributed by atoms with E-state index < -0.39 is 24.3 Å². The van der Waals surface area contributed by atoms with Crippen molar-refractivity contribution in [3.63, 3.8) is 0 Å². The van der Waals surface area contributed by atoms with Gasteiger partial charge in [0, 0.05) is 30.6 Å². The fourth-order valence-corrected chi connectivity index (χ4v) is 4.99. The predicted octanol–water partition coefficient (Wildman–Crippen LogP) is 4.35. The lowest BCUT2D eigenvalue weighted by molar-refractivity contribution is -0.276. The monoisotopic (exact) mass is 510 g/mol. The Bertz CT molecular complexity index is 1040. The first-order valence-corrected chi connectivity index (χ1v) is 13.1. The molecule has 2 aromatic carbocycles. The summed E-state index contributed by atoms with van der Waals surface area (Å²) in [5, 5.41) is 12.2. The van der Waals surface area contributed by atoms with Gasteiger partial charge in [0.2, 0.25) is 0 Å². The van der Waals surface area contributed by atoms with Crippen LogP contribution in [0.15, 0.2) is 48.5 Å². The zero-order valence-electron chi connectivity index (χ0n) is 21.9. The number of esters is 1. The quantitative estimate of drug-likeness (QED) is 0.510. The van der Waals surface area contributed by atoms with Crippen molar-refractivity contribution in [2.24, 2.45) is 5.92 Å². The Kier molecular flexibility index (Phi) is 9.32. The molecule has 0 spiro atoms. The van der Waals surface area contributed by atoms with Gasteiger partial charge in [0.25, 0.3) is 5.91 Å². The lowest BCUT2D eigenvalue weighted by atomic mass is 9.89. The predicted molar refractivity (Wildman–Crippen MR) is 140 cm³/mol. The molecule has 37 heavy (non-hydrogen) atoms. The molecule has 0 aromatic heterocycles. The molecule has 2 saturated heterocycles. The van der Waals surface area contributed by atoms with Crippen LogP contribution in [0.2, 0.25) is 0 Å². The van der Waals surface area contributed by atoms with E-state index in [-0.39, 0.29) is 24.7 Å². The standard InChI is InChI=1S/C29H38N2O6/c1-19-26(17-31-15-5-4-6-16-31)36-29(37-27(19)23-9-7-22(18-32)8-10-23)24-11-13-25(14-12-24)30-28(34)20(2)35-21(3)33/h7-14,19-20,26-27,29,32H,4-6,15-18H2,1-3H3,(H,30,34)/t19-,20+,26+,27+,29+/m1/s1. The number of benzene rings is 2. The van der Waals surface area contributed by atoms with Gasteiger partial charge in [-0.3, -0.25) is 9.59 Å². The van der Waals surface area contributed by atoms with Crippen LogP contribution in [0.25, 0.3) is 0 Å². The smallest absolute Gasteiger partial charge is 0.303 e. The highest BCUT2D eigenvalue weighted by atomic mass is 16.7. The Morgan fingerprint density at radius 1 is 1.03 bits per heavy atom. The first-order valence-electron chi connectivity index (χ1n) is 13.1. The summed E-state index contributed by atoms with van der Waals surface area (Å²) in [6, 6.07) is 15.3. The summed E-state index contributed by atoms with van der Waals surface area (Å²) in [4.78, 5) is 25.9. The number of hydrogen-bond donors (Lipinski definition) is 2. The number of carbonyl (C=O) groups excluding carboxylic acids is 2. The lowest BCUT2D eigenvalue weighted by Gasteiger charge is -2.43. The topological polar surface area (TPSA) is 97.3 Å². The average Bonchev–Trinajstić information content (AvgIpc) is 2.90. The molecular weight excluding hydrogens is 472 g/mol. The van der Waals surface area contributed by atoms with Crippen LogP contribution in [0.3, 0.4) is 0 Å². The summed E-state index contributed by atoms with van der Waals surface area (Å²) in [5.41, 5.74) is 3.38. The van der Waals surface area contributed by atoms with Crippen molar-refractivity contribution in [1.82, 2.24) is 4.90 Å². The van der Waals surface area contributed by atoms with Crippen LogP contribution in [0.5, 0.6) is 0 Å². The fourth-order valence-electron chi connectivity index (χ4n) is 4.99. The molecule has 0 aliphatic carbocycles. The maximum absolute atomic E-state index is 12.3. The number of anilines is 1. The number of piperidine rings is 1. The minimum Gasteiger partial charge on any atom is -0.453 e. The highest BCUT2D eigenvalue weighted by Crippen LogP contribution is 2.42. The van der Waals surface area contributed by atoms with E-state index in [9.17, 15) is 14.7 Å². The number of aliphatic hydroxyl groups is 1. The Morgan fingerprint density at radius 3 is 2.30 bits per heavy atom. The minimum atomic E-state index is -0.878.